The number of rotatable bonds is 50. The topological polar surface area (TPSA) is 169 Å². The molecule has 0 radical (unpaired) electrons. The third kappa shape index (κ3) is 36.5. The summed E-state index contributed by atoms with van der Waals surface area (Å²) in [6.07, 6.45) is 47.1. The molecule has 1 fully saturated rings. The van der Waals surface area contributed by atoms with Gasteiger partial charge in [-0.25, -0.2) is 0 Å². The highest BCUT2D eigenvalue weighted by atomic mass is 16.7. The first-order valence-electron chi connectivity index (χ1n) is 29.0. The van der Waals surface area contributed by atoms with Gasteiger partial charge in [0.1, 0.15) is 30.5 Å². The number of nitrogens with one attached hydrogen (secondary N) is 1. The lowest BCUT2D eigenvalue weighted by atomic mass is 9.99. The van der Waals surface area contributed by atoms with Crippen molar-refractivity contribution in [1.29, 1.82) is 0 Å². The largest absolute Gasteiger partial charge is 0.394 e. The Morgan fingerprint density at radius 1 is 0.493 bits per heavy atom. The first-order chi connectivity index (χ1) is 32.8. The summed E-state index contributed by atoms with van der Waals surface area (Å²) in [7, 11) is 0. The lowest BCUT2D eigenvalue weighted by Crippen LogP contribution is -2.60. The van der Waals surface area contributed by atoms with Gasteiger partial charge in [0, 0.05) is 0 Å². The second-order valence-electron chi connectivity index (χ2n) is 20.6. The average Bonchev–Trinajstić information content (AvgIpc) is 3.33. The Morgan fingerprint density at radius 2 is 0.836 bits per heavy atom. The number of aliphatic hydroxyl groups is 6. The minimum Gasteiger partial charge on any atom is -0.394 e. The first kappa shape index (κ1) is 63.9. The predicted molar refractivity (Wildman–Crippen MR) is 278 cm³/mol. The number of unbranched alkanes of at least 4 members (excludes halogenated alkanes) is 37. The predicted octanol–water partition coefficient (Wildman–Crippen LogP) is 13.0. The minimum absolute atomic E-state index is 0.252. The summed E-state index contributed by atoms with van der Waals surface area (Å²) in [5, 5.41) is 65.1. The van der Waals surface area contributed by atoms with Crippen molar-refractivity contribution in [3.8, 4) is 0 Å². The van der Waals surface area contributed by atoms with Gasteiger partial charge in [-0.2, -0.15) is 0 Å². The molecule has 1 amide bonds. The van der Waals surface area contributed by atoms with Crippen LogP contribution in [-0.4, -0.2) is 98.7 Å². The third-order valence-corrected chi connectivity index (χ3v) is 14.2. The van der Waals surface area contributed by atoms with E-state index < -0.39 is 61.5 Å². The van der Waals surface area contributed by atoms with E-state index in [0.717, 1.165) is 51.4 Å². The molecule has 8 unspecified atom stereocenters. The summed E-state index contributed by atoms with van der Waals surface area (Å²) in [6, 6.07) is -0.891. The standard InChI is InChI=1S/C57H111NO9/c1-3-5-7-9-11-13-15-17-19-20-21-22-23-24-25-26-27-28-29-30-31-32-34-36-38-40-42-44-46-51(61)56(65)58-49(48-66-57-55(64)54(63)53(62)52(47-59)67-57)50(60)45-43-41-39-37-35-33-18-16-14-12-10-8-6-4-2/h24-25,49-55,57,59-64H,3-23,26-48H2,1-2H3,(H,58,65)/b25-24-. The number of allylic oxidation sites excluding steroid dienone is 2. The molecular formula is C57H111NO9. The van der Waals surface area contributed by atoms with Crippen molar-refractivity contribution < 1.29 is 44.9 Å². The summed E-state index contributed by atoms with van der Waals surface area (Å²) in [5.74, 6) is -0.580. The number of hydrogen-bond acceptors (Lipinski definition) is 9. The van der Waals surface area contributed by atoms with Gasteiger partial charge in [-0.3, -0.25) is 4.79 Å². The Bertz CT molecular complexity index is 1080. The molecule has 1 aliphatic rings. The Morgan fingerprint density at radius 3 is 1.21 bits per heavy atom. The van der Waals surface area contributed by atoms with E-state index in [4.69, 9.17) is 9.47 Å². The molecule has 0 aromatic carbocycles. The van der Waals surface area contributed by atoms with E-state index in [2.05, 4.69) is 31.3 Å². The quantitative estimate of drug-likeness (QED) is 0.0232. The van der Waals surface area contributed by atoms with Crippen molar-refractivity contribution in [2.45, 2.75) is 332 Å². The molecule has 0 bridgehead atoms. The second-order valence-corrected chi connectivity index (χ2v) is 20.6. The lowest BCUT2D eigenvalue weighted by Gasteiger charge is -2.40. The molecule has 0 aromatic heterocycles. The van der Waals surface area contributed by atoms with Gasteiger partial charge in [-0.15, -0.1) is 0 Å². The molecule has 1 saturated heterocycles. The van der Waals surface area contributed by atoms with Crippen LogP contribution in [0.15, 0.2) is 12.2 Å². The van der Waals surface area contributed by atoms with Gasteiger partial charge in [0.15, 0.2) is 6.29 Å². The van der Waals surface area contributed by atoms with E-state index in [9.17, 15) is 35.4 Å². The molecule has 7 N–H and O–H groups in total. The fourth-order valence-corrected chi connectivity index (χ4v) is 9.52. The van der Waals surface area contributed by atoms with E-state index in [1.165, 1.54) is 205 Å². The van der Waals surface area contributed by atoms with Crippen LogP contribution in [0.4, 0.5) is 0 Å². The fourth-order valence-electron chi connectivity index (χ4n) is 9.52. The number of aliphatic hydroxyl groups excluding tert-OH is 6. The van der Waals surface area contributed by atoms with Crippen LogP contribution in [0.5, 0.6) is 0 Å². The number of carbonyl (C=O) groups is 1. The highest BCUT2D eigenvalue weighted by molar-refractivity contribution is 5.80. The summed E-state index contributed by atoms with van der Waals surface area (Å²) in [5.41, 5.74) is 0. The van der Waals surface area contributed by atoms with Gasteiger partial charge in [0.2, 0.25) is 5.91 Å². The van der Waals surface area contributed by atoms with Crippen molar-refractivity contribution in [3.05, 3.63) is 12.2 Å². The number of hydrogen-bond donors (Lipinski definition) is 7. The van der Waals surface area contributed by atoms with Gasteiger partial charge in [0.05, 0.1) is 25.4 Å². The van der Waals surface area contributed by atoms with Crippen molar-refractivity contribution in [2.24, 2.45) is 0 Å². The molecule has 67 heavy (non-hydrogen) atoms. The van der Waals surface area contributed by atoms with Crippen LogP contribution >= 0.6 is 0 Å². The van der Waals surface area contributed by atoms with Crippen LogP contribution in [-0.2, 0) is 14.3 Å². The molecule has 0 aromatic rings. The molecule has 0 spiro atoms. The summed E-state index contributed by atoms with van der Waals surface area (Å²) in [4.78, 5) is 13.1. The molecule has 8 atom stereocenters. The maximum Gasteiger partial charge on any atom is 0.249 e. The highest BCUT2D eigenvalue weighted by Gasteiger charge is 2.44. The van der Waals surface area contributed by atoms with E-state index in [1.54, 1.807) is 0 Å². The average molecular weight is 955 g/mol. The van der Waals surface area contributed by atoms with Gasteiger partial charge >= 0.3 is 0 Å². The van der Waals surface area contributed by atoms with E-state index in [-0.39, 0.29) is 6.61 Å². The molecule has 1 heterocycles. The van der Waals surface area contributed by atoms with Crippen LogP contribution in [0.3, 0.4) is 0 Å². The molecular weight excluding hydrogens is 843 g/mol. The van der Waals surface area contributed by atoms with Crippen molar-refractivity contribution >= 4 is 5.91 Å². The SMILES string of the molecule is CCCCCCCCCCCCCC/C=C\CCCCCCCCCCCCCCC(O)C(=O)NC(COC1OC(CO)C(O)C(O)C1O)C(O)CCCCCCCCCCCCCCCC. The number of ether oxygens (including phenoxy) is 2. The second kappa shape index (κ2) is 47.2. The lowest BCUT2D eigenvalue weighted by molar-refractivity contribution is -0.302. The van der Waals surface area contributed by atoms with Crippen molar-refractivity contribution in [1.82, 2.24) is 5.32 Å². The molecule has 10 nitrogen and oxygen atoms in total. The summed E-state index contributed by atoms with van der Waals surface area (Å²) < 4.78 is 11.2. The van der Waals surface area contributed by atoms with Gasteiger partial charge < -0.3 is 45.4 Å². The molecule has 0 aliphatic carbocycles. The third-order valence-electron chi connectivity index (χ3n) is 14.2. The van der Waals surface area contributed by atoms with Crippen LogP contribution in [0, 0.1) is 0 Å². The van der Waals surface area contributed by atoms with Crippen molar-refractivity contribution in [2.75, 3.05) is 13.2 Å². The number of amides is 1. The molecule has 1 rings (SSSR count). The fraction of sp³-hybridized carbons (Fsp3) is 0.947. The maximum absolute atomic E-state index is 13.1. The van der Waals surface area contributed by atoms with E-state index in [1.807, 2.05) is 0 Å². The smallest absolute Gasteiger partial charge is 0.249 e. The molecule has 1 aliphatic heterocycles. The van der Waals surface area contributed by atoms with Crippen LogP contribution in [0.1, 0.15) is 284 Å². The monoisotopic (exact) mass is 954 g/mol. The first-order valence-corrected chi connectivity index (χ1v) is 29.0. The van der Waals surface area contributed by atoms with Crippen LogP contribution < -0.4 is 5.32 Å². The molecule has 10 heteroatoms. The van der Waals surface area contributed by atoms with Gasteiger partial charge in [0.25, 0.3) is 0 Å². The maximum atomic E-state index is 13.1. The molecule has 398 valence electrons. The zero-order chi connectivity index (χ0) is 48.8. The zero-order valence-electron chi connectivity index (χ0n) is 43.8. The normalized spacial score (nSPS) is 20.1. The zero-order valence-corrected chi connectivity index (χ0v) is 43.8. The minimum atomic E-state index is -1.59. The Balaban J connectivity index is 2.19. The summed E-state index contributed by atoms with van der Waals surface area (Å²) in [6.45, 7) is 3.70. The Hall–Kier alpha value is -1.11. The van der Waals surface area contributed by atoms with E-state index in [0.29, 0.717) is 12.8 Å². The Labute approximate surface area is 412 Å². The highest BCUT2D eigenvalue weighted by Crippen LogP contribution is 2.23. The van der Waals surface area contributed by atoms with Gasteiger partial charge in [-0.1, -0.05) is 257 Å². The summed E-state index contributed by atoms with van der Waals surface area (Å²) >= 11 is 0. The van der Waals surface area contributed by atoms with Crippen LogP contribution in [0.2, 0.25) is 0 Å². The van der Waals surface area contributed by atoms with Crippen LogP contribution in [0.25, 0.3) is 0 Å². The molecule has 0 saturated carbocycles. The Kier molecular flexibility index (Phi) is 45.0. The van der Waals surface area contributed by atoms with Gasteiger partial charge in [-0.05, 0) is 38.5 Å². The number of carbonyl (C=O) groups excluding carboxylic acids is 1. The van der Waals surface area contributed by atoms with E-state index >= 15 is 0 Å². The van der Waals surface area contributed by atoms with Crippen molar-refractivity contribution in [3.63, 3.8) is 0 Å².